The molecule has 1 saturated carbocycles. The van der Waals surface area contributed by atoms with Gasteiger partial charge in [-0.15, -0.1) is 0 Å². The first-order valence-corrected chi connectivity index (χ1v) is 8.30. The molecule has 116 valence electrons. The van der Waals surface area contributed by atoms with Crippen LogP contribution in [0.15, 0.2) is 60.7 Å². The van der Waals surface area contributed by atoms with Gasteiger partial charge in [0, 0.05) is 11.1 Å². The van der Waals surface area contributed by atoms with E-state index >= 15 is 0 Å². The summed E-state index contributed by atoms with van der Waals surface area (Å²) in [5.41, 5.74) is 2.62. The molecule has 0 aliphatic heterocycles. The Balaban J connectivity index is 1.46. The van der Waals surface area contributed by atoms with Crippen LogP contribution in [0.3, 0.4) is 0 Å². The van der Waals surface area contributed by atoms with Crippen molar-refractivity contribution in [2.75, 3.05) is 0 Å². The summed E-state index contributed by atoms with van der Waals surface area (Å²) in [5.74, 6) is 2.51. The van der Waals surface area contributed by atoms with Crippen molar-refractivity contribution >= 4 is 5.78 Å². The van der Waals surface area contributed by atoms with Crippen molar-refractivity contribution in [1.82, 2.24) is 0 Å². The van der Waals surface area contributed by atoms with Crippen molar-refractivity contribution < 1.29 is 9.90 Å². The van der Waals surface area contributed by atoms with Gasteiger partial charge in [0.25, 0.3) is 0 Å². The fourth-order valence-corrected chi connectivity index (χ4v) is 4.00. The molecule has 1 N–H and O–H groups in total. The van der Waals surface area contributed by atoms with Crippen LogP contribution in [0.4, 0.5) is 0 Å². The van der Waals surface area contributed by atoms with Gasteiger partial charge in [0.2, 0.25) is 0 Å². The van der Waals surface area contributed by atoms with E-state index in [4.69, 9.17) is 0 Å². The second-order valence-electron chi connectivity index (χ2n) is 6.82. The van der Waals surface area contributed by atoms with Gasteiger partial charge in [-0.2, -0.15) is 0 Å². The van der Waals surface area contributed by atoms with Crippen LogP contribution in [-0.2, 0) is 6.42 Å². The summed E-state index contributed by atoms with van der Waals surface area (Å²) in [5, 5.41) is 9.31. The van der Waals surface area contributed by atoms with Gasteiger partial charge in [-0.1, -0.05) is 36.4 Å². The lowest BCUT2D eigenvalue weighted by molar-refractivity contribution is 0.103. The van der Waals surface area contributed by atoms with Gasteiger partial charge in [-0.25, -0.2) is 0 Å². The van der Waals surface area contributed by atoms with E-state index in [1.165, 1.54) is 18.4 Å². The van der Waals surface area contributed by atoms with Crippen LogP contribution in [0, 0.1) is 17.8 Å². The minimum absolute atomic E-state index is 0.000549. The molecule has 2 aromatic rings. The first kappa shape index (κ1) is 14.3. The van der Waals surface area contributed by atoms with Crippen LogP contribution in [0.2, 0.25) is 0 Å². The molecule has 2 aliphatic rings. The first-order chi connectivity index (χ1) is 11.2. The number of hydrogen-bond acceptors (Lipinski definition) is 2. The van der Waals surface area contributed by atoms with Crippen LogP contribution in [-0.4, -0.2) is 10.9 Å². The summed E-state index contributed by atoms with van der Waals surface area (Å²) in [6, 6.07) is 14.4. The molecule has 0 aromatic heterocycles. The fourth-order valence-electron chi connectivity index (χ4n) is 4.00. The molecule has 1 fully saturated rings. The zero-order valence-electron chi connectivity index (χ0n) is 13.0. The van der Waals surface area contributed by atoms with Crippen LogP contribution in [0.1, 0.15) is 34.3 Å². The molecule has 2 bridgehead atoms. The minimum atomic E-state index is -0.000549. The number of carbonyl (C=O) groups is 1. The van der Waals surface area contributed by atoms with E-state index < -0.39 is 0 Å². The van der Waals surface area contributed by atoms with Gasteiger partial charge >= 0.3 is 0 Å². The summed E-state index contributed by atoms with van der Waals surface area (Å²) in [6.45, 7) is 0. The molecule has 0 amide bonds. The SMILES string of the molecule is O=C(c1ccc(O)cc1)c1ccc(CC2CC3C=CC2C3)cc1. The van der Waals surface area contributed by atoms with Crippen LogP contribution < -0.4 is 0 Å². The average Bonchev–Trinajstić information content (AvgIpc) is 3.18. The number of rotatable bonds is 4. The lowest BCUT2D eigenvalue weighted by Gasteiger charge is -2.18. The van der Waals surface area contributed by atoms with Gasteiger partial charge < -0.3 is 5.11 Å². The fraction of sp³-hybridized carbons (Fsp3) is 0.286. The molecular weight excluding hydrogens is 284 g/mol. The molecule has 23 heavy (non-hydrogen) atoms. The molecule has 2 aromatic carbocycles. The lowest BCUT2D eigenvalue weighted by Crippen LogP contribution is -2.10. The third-order valence-electron chi connectivity index (χ3n) is 5.26. The zero-order valence-corrected chi connectivity index (χ0v) is 13.0. The molecule has 3 unspecified atom stereocenters. The second-order valence-corrected chi connectivity index (χ2v) is 6.82. The van der Waals surface area contributed by atoms with E-state index in [2.05, 4.69) is 24.3 Å². The quantitative estimate of drug-likeness (QED) is 0.672. The predicted molar refractivity (Wildman–Crippen MR) is 90.5 cm³/mol. The maximum Gasteiger partial charge on any atom is 0.193 e. The number of aromatic hydroxyl groups is 1. The average molecular weight is 304 g/mol. The summed E-state index contributed by atoms with van der Waals surface area (Å²) < 4.78 is 0. The predicted octanol–water partition coefficient (Wildman–Crippen LogP) is 4.38. The van der Waals surface area contributed by atoms with Gasteiger partial charge in [0.1, 0.15) is 5.75 Å². The van der Waals surface area contributed by atoms with Crippen molar-refractivity contribution in [3.05, 3.63) is 77.4 Å². The van der Waals surface area contributed by atoms with Crippen LogP contribution in [0.5, 0.6) is 5.75 Å². The first-order valence-electron chi connectivity index (χ1n) is 8.30. The highest BCUT2D eigenvalue weighted by atomic mass is 16.3. The molecule has 0 saturated heterocycles. The van der Waals surface area contributed by atoms with Crippen molar-refractivity contribution in [2.24, 2.45) is 17.8 Å². The maximum absolute atomic E-state index is 12.4. The van der Waals surface area contributed by atoms with Gasteiger partial charge in [0.15, 0.2) is 5.78 Å². The molecule has 2 nitrogen and oxygen atoms in total. The summed E-state index contributed by atoms with van der Waals surface area (Å²) in [4.78, 5) is 12.4. The Morgan fingerprint density at radius 1 is 0.913 bits per heavy atom. The molecule has 0 heterocycles. The zero-order chi connectivity index (χ0) is 15.8. The third kappa shape index (κ3) is 2.81. The minimum Gasteiger partial charge on any atom is -0.508 e. The van der Waals surface area contributed by atoms with E-state index in [0.717, 1.165) is 24.2 Å². The van der Waals surface area contributed by atoms with Gasteiger partial charge in [0.05, 0.1) is 0 Å². The number of phenols is 1. The molecule has 0 radical (unpaired) electrons. The topological polar surface area (TPSA) is 37.3 Å². The largest absolute Gasteiger partial charge is 0.508 e. The number of fused-ring (bicyclic) bond motifs is 2. The highest BCUT2D eigenvalue weighted by Crippen LogP contribution is 2.44. The second kappa shape index (κ2) is 5.69. The number of benzene rings is 2. The Labute approximate surface area is 136 Å². The Hall–Kier alpha value is -2.35. The summed E-state index contributed by atoms with van der Waals surface area (Å²) >= 11 is 0. The smallest absolute Gasteiger partial charge is 0.193 e. The number of allylic oxidation sites excluding steroid dienone is 2. The van der Waals surface area contributed by atoms with Gasteiger partial charge in [-0.05, 0) is 66.8 Å². The molecule has 4 rings (SSSR count). The Bertz CT molecular complexity index is 740. The Kier molecular flexibility index (Phi) is 3.53. The Morgan fingerprint density at radius 3 is 2.13 bits per heavy atom. The van der Waals surface area contributed by atoms with E-state index in [9.17, 15) is 9.90 Å². The number of phenolic OH excluding ortho intramolecular Hbond substituents is 1. The molecule has 3 atom stereocenters. The Morgan fingerprint density at radius 2 is 1.57 bits per heavy atom. The number of ketones is 1. The van der Waals surface area contributed by atoms with Crippen molar-refractivity contribution in [2.45, 2.75) is 19.3 Å². The van der Waals surface area contributed by atoms with Gasteiger partial charge in [-0.3, -0.25) is 4.79 Å². The molecular formula is C21H20O2. The van der Waals surface area contributed by atoms with Crippen LogP contribution >= 0.6 is 0 Å². The van der Waals surface area contributed by atoms with Crippen LogP contribution in [0.25, 0.3) is 0 Å². The van der Waals surface area contributed by atoms with Crippen molar-refractivity contribution in [1.29, 1.82) is 0 Å². The normalized spacial score (nSPS) is 25.0. The highest BCUT2D eigenvalue weighted by Gasteiger charge is 2.35. The van der Waals surface area contributed by atoms with E-state index in [1.807, 2.05) is 12.1 Å². The third-order valence-corrected chi connectivity index (χ3v) is 5.26. The molecule has 0 spiro atoms. The van der Waals surface area contributed by atoms with E-state index in [1.54, 1.807) is 24.3 Å². The summed E-state index contributed by atoms with van der Waals surface area (Å²) in [7, 11) is 0. The highest BCUT2D eigenvalue weighted by molar-refractivity contribution is 6.09. The monoisotopic (exact) mass is 304 g/mol. The molecule has 2 aliphatic carbocycles. The number of hydrogen-bond donors (Lipinski definition) is 1. The lowest BCUT2D eigenvalue weighted by atomic mass is 9.87. The molecule has 2 heteroatoms. The standard InChI is InChI=1S/C21H20O2/c22-20-9-7-17(8-10-20)21(23)16-4-1-14(2-5-16)11-19-13-15-3-6-18(19)12-15/h1-10,15,18-19,22H,11-13H2. The maximum atomic E-state index is 12.4. The number of carbonyl (C=O) groups excluding carboxylic acids is 1. The van der Waals surface area contributed by atoms with E-state index in [-0.39, 0.29) is 11.5 Å². The van der Waals surface area contributed by atoms with Crippen molar-refractivity contribution in [3.8, 4) is 5.75 Å². The summed E-state index contributed by atoms with van der Waals surface area (Å²) in [6.07, 6.45) is 8.53. The van der Waals surface area contributed by atoms with Crippen molar-refractivity contribution in [3.63, 3.8) is 0 Å². The van der Waals surface area contributed by atoms with E-state index in [0.29, 0.717) is 11.1 Å².